The van der Waals surface area contributed by atoms with Gasteiger partial charge in [-0.25, -0.2) is 17.5 Å². The number of hydrogen-bond acceptors (Lipinski definition) is 4. The lowest BCUT2D eigenvalue weighted by Crippen LogP contribution is -2.62. The van der Waals surface area contributed by atoms with Gasteiger partial charge < -0.3 is 11.1 Å². The van der Waals surface area contributed by atoms with Crippen molar-refractivity contribution in [1.29, 1.82) is 0 Å². The predicted molar refractivity (Wildman–Crippen MR) is 115 cm³/mol. The number of alkyl halides is 3. The second-order valence-electron chi connectivity index (χ2n) is 10.9. The van der Waals surface area contributed by atoms with E-state index in [2.05, 4.69) is 10.0 Å². The van der Waals surface area contributed by atoms with Gasteiger partial charge in [-0.15, -0.1) is 0 Å². The molecule has 0 aromatic heterocycles. The van der Waals surface area contributed by atoms with Crippen molar-refractivity contribution >= 4 is 21.8 Å². The Morgan fingerprint density at radius 1 is 1.09 bits per heavy atom. The van der Waals surface area contributed by atoms with Crippen LogP contribution in [0.15, 0.2) is 23.1 Å². The average molecular weight is 518 g/mol. The first kappa shape index (κ1) is 24.5. The van der Waals surface area contributed by atoms with Crippen LogP contribution >= 0.6 is 0 Å². The molecule has 4 N–H and O–H groups in total. The largest absolute Gasteiger partial charge is 0.417 e. The van der Waals surface area contributed by atoms with Gasteiger partial charge in [0, 0.05) is 18.0 Å². The van der Waals surface area contributed by atoms with E-state index in [9.17, 15) is 35.6 Å². The van der Waals surface area contributed by atoms with E-state index in [4.69, 9.17) is 5.73 Å². The van der Waals surface area contributed by atoms with Crippen molar-refractivity contribution in [2.75, 3.05) is 6.54 Å². The summed E-state index contributed by atoms with van der Waals surface area (Å²) in [6.45, 7) is -0.355. The van der Waals surface area contributed by atoms with Gasteiger partial charge in [0.1, 0.15) is 5.82 Å². The lowest BCUT2D eigenvalue weighted by molar-refractivity contribution is -0.148. The van der Waals surface area contributed by atoms with E-state index >= 15 is 0 Å². The maximum absolute atomic E-state index is 13.4. The fourth-order valence-electron chi connectivity index (χ4n) is 6.77. The van der Waals surface area contributed by atoms with Crippen LogP contribution in [0.3, 0.4) is 0 Å². The fraction of sp³-hybridized carbons (Fsp3) is 0.652. The van der Waals surface area contributed by atoms with Crippen molar-refractivity contribution in [3.8, 4) is 0 Å². The molecule has 0 saturated heterocycles. The molecule has 5 saturated carbocycles. The first-order valence-electron chi connectivity index (χ1n) is 11.7. The third kappa shape index (κ3) is 4.22. The van der Waals surface area contributed by atoms with Crippen LogP contribution in [0.2, 0.25) is 0 Å². The highest BCUT2D eigenvalue weighted by molar-refractivity contribution is 7.89. The minimum atomic E-state index is -5.07. The summed E-state index contributed by atoms with van der Waals surface area (Å²) < 4.78 is 80.8. The van der Waals surface area contributed by atoms with Gasteiger partial charge in [-0.05, 0) is 80.9 Å². The molecule has 1 aromatic rings. The topological polar surface area (TPSA) is 118 Å². The van der Waals surface area contributed by atoms with Crippen LogP contribution in [0.25, 0.3) is 0 Å². The number of benzene rings is 1. The molecule has 5 aliphatic rings. The molecule has 5 fully saturated rings. The van der Waals surface area contributed by atoms with E-state index in [0.717, 1.165) is 19.3 Å². The zero-order chi connectivity index (χ0) is 25.4. The predicted octanol–water partition coefficient (Wildman–Crippen LogP) is 2.70. The molecule has 1 aromatic carbocycles. The zero-order valence-corrected chi connectivity index (χ0v) is 19.6. The number of amides is 2. The summed E-state index contributed by atoms with van der Waals surface area (Å²) in [5.41, 5.74) is 2.56. The Morgan fingerprint density at radius 3 is 2.26 bits per heavy atom. The molecule has 7 nitrogen and oxygen atoms in total. The van der Waals surface area contributed by atoms with Crippen molar-refractivity contribution in [3.05, 3.63) is 29.6 Å². The van der Waals surface area contributed by atoms with E-state index < -0.39 is 43.3 Å². The average Bonchev–Trinajstić information content (AvgIpc) is 3.55. The van der Waals surface area contributed by atoms with Crippen molar-refractivity contribution in [2.45, 2.75) is 62.1 Å². The first-order chi connectivity index (χ1) is 16.2. The maximum Gasteiger partial charge on any atom is 0.417 e. The second-order valence-corrected chi connectivity index (χ2v) is 12.6. The first-order valence-corrected chi connectivity index (χ1v) is 13.2. The highest BCUT2D eigenvalue weighted by Crippen LogP contribution is 2.60. The van der Waals surface area contributed by atoms with Gasteiger partial charge in [0.2, 0.25) is 21.8 Å². The van der Waals surface area contributed by atoms with Crippen LogP contribution in [-0.4, -0.2) is 32.8 Å². The fourth-order valence-corrected chi connectivity index (χ4v) is 8.10. The van der Waals surface area contributed by atoms with Gasteiger partial charge in [-0.2, -0.15) is 13.2 Å². The maximum atomic E-state index is 13.4. The minimum absolute atomic E-state index is 0.124. The Morgan fingerprint density at radius 2 is 1.71 bits per heavy atom. The molecule has 35 heavy (non-hydrogen) atoms. The van der Waals surface area contributed by atoms with Crippen molar-refractivity contribution in [2.24, 2.45) is 34.3 Å². The Kier molecular flexibility index (Phi) is 5.52. The van der Waals surface area contributed by atoms with Crippen LogP contribution in [-0.2, 0) is 25.8 Å². The van der Waals surface area contributed by atoms with Crippen LogP contribution in [0, 0.1) is 34.4 Å². The Bertz CT molecular complexity index is 1170. The monoisotopic (exact) mass is 517 g/mol. The van der Waals surface area contributed by atoms with Crippen molar-refractivity contribution < 1.29 is 35.6 Å². The molecule has 0 aliphatic heterocycles. The summed E-state index contributed by atoms with van der Waals surface area (Å²) in [5.74, 6) is -1.16. The number of nitrogens with two attached hydrogens (primary N) is 1. The van der Waals surface area contributed by atoms with E-state index in [1.54, 1.807) is 0 Å². The molecule has 2 amide bonds. The molecule has 6 rings (SSSR count). The van der Waals surface area contributed by atoms with Gasteiger partial charge in [-0.3, -0.25) is 9.59 Å². The van der Waals surface area contributed by atoms with Gasteiger partial charge in [0.05, 0.1) is 15.9 Å². The van der Waals surface area contributed by atoms with E-state index in [1.807, 2.05) is 0 Å². The lowest BCUT2D eigenvalue weighted by atomic mass is 9.47. The number of carbonyl (C=O) groups excluding carboxylic acids is 2. The Labute approximate surface area is 200 Å². The number of nitrogens with one attached hydrogen (secondary N) is 2. The summed E-state index contributed by atoms with van der Waals surface area (Å²) in [6.07, 6.45) is -0.412. The molecule has 5 aliphatic carbocycles. The standard InChI is InChI=1S/C23H27F4N3O4S/c24-15-1-2-17(16(7-15)23(25,26)27)35(33,34)29-11-21(3-4-21)20(32)30-18-13-5-12-6-14(18)10-22(8-12,9-13)19(28)31/h1-2,7,12-14,18,29H,3-6,8-11H2,(H2,28,31)(H,30,32). The Balaban J connectivity index is 1.28. The highest BCUT2D eigenvalue weighted by atomic mass is 32.2. The molecule has 12 heteroatoms. The summed E-state index contributed by atoms with van der Waals surface area (Å²) >= 11 is 0. The number of hydrogen-bond donors (Lipinski definition) is 3. The quantitative estimate of drug-likeness (QED) is 0.482. The summed E-state index contributed by atoms with van der Waals surface area (Å²) in [5, 5.41) is 3.08. The molecule has 0 radical (unpaired) electrons. The lowest BCUT2D eigenvalue weighted by Gasteiger charge is -2.59. The van der Waals surface area contributed by atoms with Gasteiger partial charge >= 0.3 is 6.18 Å². The van der Waals surface area contributed by atoms with E-state index in [0.29, 0.717) is 43.7 Å². The van der Waals surface area contributed by atoms with Gasteiger partial charge in [0.15, 0.2) is 0 Å². The van der Waals surface area contributed by atoms with E-state index in [1.165, 1.54) is 0 Å². The summed E-state index contributed by atoms with van der Waals surface area (Å²) in [7, 11) is -4.65. The number of halogens is 4. The van der Waals surface area contributed by atoms with Crippen molar-refractivity contribution in [3.63, 3.8) is 0 Å². The minimum Gasteiger partial charge on any atom is -0.369 e. The van der Waals surface area contributed by atoms with Crippen LogP contribution in [0.4, 0.5) is 17.6 Å². The number of carbonyl (C=O) groups is 2. The van der Waals surface area contributed by atoms with Crippen LogP contribution in [0.1, 0.15) is 50.5 Å². The van der Waals surface area contributed by atoms with Crippen LogP contribution in [0.5, 0.6) is 0 Å². The van der Waals surface area contributed by atoms with Crippen molar-refractivity contribution in [1.82, 2.24) is 10.0 Å². The van der Waals surface area contributed by atoms with E-state index in [-0.39, 0.29) is 42.3 Å². The number of primary amides is 1. The molecule has 4 bridgehead atoms. The molecule has 192 valence electrons. The third-order valence-corrected chi connectivity index (χ3v) is 10.0. The normalized spacial score (nSPS) is 32.9. The summed E-state index contributed by atoms with van der Waals surface area (Å²) in [4.78, 5) is 24.2. The molecule has 0 heterocycles. The molecule has 2 unspecified atom stereocenters. The second kappa shape index (κ2) is 7.89. The zero-order valence-electron chi connectivity index (χ0n) is 18.8. The smallest absolute Gasteiger partial charge is 0.369 e. The molecular formula is C23H27F4N3O4S. The molecule has 2 atom stereocenters. The van der Waals surface area contributed by atoms with Gasteiger partial charge in [0.25, 0.3) is 0 Å². The number of rotatable bonds is 7. The number of sulfonamides is 1. The molecule has 0 spiro atoms. The molecular weight excluding hydrogens is 490 g/mol. The highest BCUT2D eigenvalue weighted by Gasteiger charge is 2.59. The SMILES string of the molecule is NC(=O)C12CC3CC(C1)C(NC(=O)C1(CNS(=O)(=O)c4ccc(F)cc4C(F)(F)F)CC1)C(C3)C2. The summed E-state index contributed by atoms with van der Waals surface area (Å²) in [6, 6.07) is 1.23. The van der Waals surface area contributed by atoms with Gasteiger partial charge in [-0.1, -0.05) is 0 Å². The van der Waals surface area contributed by atoms with Crippen LogP contribution < -0.4 is 15.8 Å². The Hall–Kier alpha value is -2.21. The third-order valence-electron chi connectivity index (χ3n) is 8.57.